The summed E-state index contributed by atoms with van der Waals surface area (Å²) in [5, 5.41) is 0. The Morgan fingerprint density at radius 1 is 1.29 bits per heavy atom. The Labute approximate surface area is 143 Å². The number of aliphatic imine (C=N–C) groups is 1. The molecule has 0 aromatic heterocycles. The lowest BCUT2D eigenvalue weighted by Gasteiger charge is -2.28. The molecule has 0 amide bonds. The Kier molecular flexibility index (Phi) is 5.48. The van der Waals surface area contributed by atoms with Gasteiger partial charge in [0.1, 0.15) is 0 Å². The van der Waals surface area contributed by atoms with Crippen molar-refractivity contribution in [3.63, 3.8) is 0 Å². The molecule has 1 aromatic rings. The normalized spacial score (nSPS) is 20.8. The van der Waals surface area contributed by atoms with Gasteiger partial charge in [-0.05, 0) is 30.9 Å². The second-order valence-electron chi connectivity index (χ2n) is 5.87. The third kappa shape index (κ3) is 3.69. The number of hydrogen-bond acceptors (Lipinski definition) is 2. The topological polar surface area (TPSA) is 50.8 Å². The summed E-state index contributed by atoms with van der Waals surface area (Å²) < 4.78 is 5.34. The first-order valence-electron chi connectivity index (χ1n) is 7.40. The van der Waals surface area contributed by atoms with Crippen LogP contribution in [0.15, 0.2) is 29.3 Å². The van der Waals surface area contributed by atoms with Crippen LogP contribution in [0.1, 0.15) is 24.0 Å². The maximum Gasteiger partial charge on any atom is 0.191 e. The predicted octanol–water partition coefficient (Wildman–Crippen LogP) is 2.29. The highest BCUT2D eigenvalue weighted by Gasteiger charge is 2.44. The zero-order valence-corrected chi connectivity index (χ0v) is 14.9. The molecule has 3 rings (SSSR count). The van der Waals surface area contributed by atoms with E-state index in [1.165, 1.54) is 24.0 Å². The fourth-order valence-electron chi connectivity index (χ4n) is 2.96. The van der Waals surface area contributed by atoms with Crippen molar-refractivity contribution in [3.05, 3.63) is 35.4 Å². The molecule has 1 aromatic carbocycles. The lowest BCUT2D eigenvalue weighted by Crippen LogP contribution is -2.45. The van der Waals surface area contributed by atoms with Crippen LogP contribution in [0.5, 0.6) is 0 Å². The first-order chi connectivity index (χ1) is 9.71. The summed E-state index contributed by atoms with van der Waals surface area (Å²) in [5.74, 6) is 0.674. The van der Waals surface area contributed by atoms with Crippen molar-refractivity contribution in [3.8, 4) is 0 Å². The Hall–Kier alpha value is -0.820. The van der Waals surface area contributed by atoms with Crippen LogP contribution >= 0.6 is 24.0 Å². The van der Waals surface area contributed by atoms with Gasteiger partial charge in [-0.25, -0.2) is 0 Å². The third-order valence-electron chi connectivity index (χ3n) is 4.45. The van der Waals surface area contributed by atoms with Crippen LogP contribution in [0.25, 0.3) is 0 Å². The molecule has 2 fully saturated rings. The smallest absolute Gasteiger partial charge is 0.191 e. The van der Waals surface area contributed by atoms with Crippen LogP contribution in [-0.2, 0) is 10.2 Å². The number of guanidine groups is 1. The SMILES string of the molecule is Cc1ccccc1C1(CN=C(N)N2CCOCC2)CC1.I. The summed E-state index contributed by atoms with van der Waals surface area (Å²) in [6, 6.07) is 8.64. The highest BCUT2D eigenvalue weighted by molar-refractivity contribution is 14.0. The largest absolute Gasteiger partial charge is 0.378 e. The van der Waals surface area contributed by atoms with Crippen LogP contribution < -0.4 is 5.73 Å². The van der Waals surface area contributed by atoms with E-state index in [0.717, 1.165) is 32.8 Å². The minimum atomic E-state index is 0. The van der Waals surface area contributed by atoms with Crippen molar-refractivity contribution in [2.75, 3.05) is 32.8 Å². The molecular weight excluding hydrogens is 377 g/mol. The molecule has 0 bridgehead atoms. The standard InChI is InChI=1S/C16H23N3O.HI/c1-13-4-2-3-5-14(13)16(6-7-16)12-18-15(17)19-8-10-20-11-9-19;/h2-5H,6-12H2,1H3,(H2,17,18);1H. The summed E-state index contributed by atoms with van der Waals surface area (Å²) in [7, 11) is 0. The van der Waals surface area contributed by atoms with E-state index < -0.39 is 0 Å². The Morgan fingerprint density at radius 2 is 1.95 bits per heavy atom. The zero-order chi connectivity index (χ0) is 14.0. The van der Waals surface area contributed by atoms with E-state index in [-0.39, 0.29) is 29.4 Å². The molecule has 5 heteroatoms. The average molecular weight is 401 g/mol. The number of benzene rings is 1. The lowest BCUT2D eigenvalue weighted by atomic mass is 9.92. The maximum absolute atomic E-state index is 6.12. The van der Waals surface area contributed by atoms with Crippen LogP contribution in [0.2, 0.25) is 0 Å². The number of rotatable bonds is 3. The van der Waals surface area contributed by atoms with Gasteiger partial charge in [-0.3, -0.25) is 4.99 Å². The molecule has 1 saturated heterocycles. The summed E-state index contributed by atoms with van der Waals surface area (Å²) in [6.45, 7) is 6.20. The number of aryl methyl sites for hydroxylation is 1. The Balaban J connectivity index is 0.00000161. The highest BCUT2D eigenvalue weighted by Crippen LogP contribution is 2.49. The summed E-state index contributed by atoms with van der Waals surface area (Å²) in [4.78, 5) is 6.79. The molecule has 0 spiro atoms. The van der Waals surface area contributed by atoms with Gasteiger partial charge in [0.2, 0.25) is 0 Å². The van der Waals surface area contributed by atoms with E-state index in [0.29, 0.717) is 5.96 Å². The molecule has 1 aliphatic carbocycles. The minimum Gasteiger partial charge on any atom is -0.378 e. The van der Waals surface area contributed by atoms with E-state index in [4.69, 9.17) is 10.5 Å². The molecule has 2 N–H and O–H groups in total. The van der Waals surface area contributed by atoms with Gasteiger partial charge in [0.05, 0.1) is 19.8 Å². The van der Waals surface area contributed by atoms with Crippen molar-refractivity contribution < 1.29 is 4.74 Å². The van der Waals surface area contributed by atoms with Gasteiger partial charge >= 0.3 is 0 Å². The van der Waals surface area contributed by atoms with Crippen molar-refractivity contribution in [1.82, 2.24) is 4.90 Å². The molecule has 0 radical (unpaired) electrons. The highest BCUT2D eigenvalue weighted by atomic mass is 127. The summed E-state index contributed by atoms with van der Waals surface area (Å²) in [6.07, 6.45) is 2.44. The molecule has 116 valence electrons. The van der Waals surface area contributed by atoms with Crippen molar-refractivity contribution in [2.45, 2.75) is 25.2 Å². The van der Waals surface area contributed by atoms with E-state index in [1.807, 2.05) is 0 Å². The van der Waals surface area contributed by atoms with E-state index in [2.05, 4.69) is 41.1 Å². The molecule has 1 saturated carbocycles. The fraction of sp³-hybridized carbons (Fsp3) is 0.562. The first kappa shape index (κ1) is 16.5. The second kappa shape index (κ2) is 6.96. The van der Waals surface area contributed by atoms with Gasteiger partial charge in [0.25, 0.3) is 0 Å². The summed E-state index contributed by atoms with van der Waals surface area (Å²) in [5.41, 5.74) is 9.17. The lowest BCUT2D eigenvalue weighted by molar-refractivity contribution is 0.0674. The molecule has 1 aliphatic heterocycles. The van der Waals surface area contributed by atoms with Crippen LogP contribution in [0.3, 0.4) is 0 Å². The van der Waals surface area contributed by atoms with Gasteiger partial charge in [0, 0.05) is 18.5 Å². The number of halogens is 1. The third-order valence-corrected chi connectivity index (χ3v) is 4.45. The monoisotopic (exact) mass is 401 g/mol. The number of nitrogens with two attached hydrogens (primary N) is 1. The molecular formula is C16H24IN3O. The van der Waals surface area contributed by atoms with Crippen LogP contribution in [0, 0.1) is 6.92 Å². The maximum atomic E-state index is 6.12. The van der Waals surface area contributed by atoms with Crippen molar-refractivity contribution in [1.29, 1.82) is 0 Å². The average Bonchev–Trinajstić information content (AvgIpc) is 3.27. The number of morpholine rings is 1. The molecule has 2 aliphatic rings. The first-order valence-corrected chi connectivity index (χ1v) is 7.40. The zero-order valence-electron chi connectivity index (χ0n) is 12.5. The molecule has 0 unspecified atom stereocenters. The predicted molar refractivity (Wildman–Crippen MR) is 96.4 cm³/mol. The van der Waals surface area contributed by atoms with E-state index >= 15 is 0 Å². The van der Waals surface area contributed by atoms with Gasteiger partial charge in [0.15, 0.2) is 5.96 Å². The Morgan fingerprint density at radius 3 is 2.57 bits per heavy atom. The molecule has 0 atom stereocenters. The van der Waals surface area contributed by atoms with Gasteiger partial charge in [-0.15, -0.1) is 24.0 Å². The molecule has 1 heterocycles. The summed E-state index contributed by atoms with van der Waals surface area (Å²) >= 11 is 0. The molecule has 21 heavy (non-hydrogen) atoms. The van der Waals surface area contributed by atoms with Crippen LogP contribution in [-0.4, -0.2) is 43.7 Å². The fourth-order valence-corrected chi connectivity index (χ4v) is 2.96. The van der Waals surface area contributed by atoms with Crippen molar-refractivity contribution >= 4 is 29.9 Å². The quantitative estimate of drug-likeness (QED) is 0.481. The van der Waals surface area contributed by atoms with E-state index in [1.54, 1.807) is 0 Å². The Bertz CT molecular complexity index is 508. The number of hydrogen-bond donors (Lipinski definition) is 1. The van der Waals surface area contributed by atoms with Gasteiger partial charge in [-0.1, -0.05) is 24.3 Å². The van der Waals surface area contributed by atoms with Crippen molar-refractivity contribution in [2.24, 2.45) is 10.7 Å². The van der Waals surface area contributed by atoms with Gasteiger partial charge in [-0.2, -0.15) is 0 Å². The minimum absolute atomic E-state index is 0. The van der Waals surface area contributed by atoms with Gasteiger partial charge < -0.3 is 15.4 Å². The second-order valence-corrected chi connectivity index (χ2v) is 5.87. The number of nitrogens with zero attached hydrogens (tertiary/aromatic N) is 2. The molecule has 4 nitrogen and oxygen atoms in total. The van der Waals surface area contributed by atoms with Crippen LogP contribution in [0.4, 0.5) is 0 Å². The number of ether oxygens (including phenoxy) is 1. The van der Waals surface area contributed by atoms with E-state index in [9.17, 15) is 0 Å².